The van der Waals surface area contributed by atoms with Gasteiger partial charge in [-0.1, -0.05) is 19.3 Å². The van der Waals surface area contributed by atoms with E-state index in [1.807, 2.05) is 12.4 Å². The maximum atomic E-state index is 4.13. The van der Waals surface area contributed by atoms with Crippen LogP contribution in [0.4, 0.5) is 5.69 Å². The van der Waals surface area contributed by atoms with Gasteiger partial charge < -0.3 is 4.90 Å². The van der Waals surface area contributed by atoms with Crippen LogP contribution in [-0.2, 0) is 0 Å². The predicted octanol–water partition coefficient (Wildman–Crippen LogP) is 4.00. The van der Waals surface area contributed by atoms with Crippen molar-refractivity contribution in [3.05, 3.63) is 22.9 Å². The molecule has 0 aliphatic heterocycles. The zero-order valence-electron chi connectivity index (χ0n) is 9.82. The van der Waals surface area contributed by atoms with Crippen LogP contribution < -0.4 is 4.90 Å². The third-order valence-electron chi connectivity index (χ3n) is 3.42. The van der Waals surface area contributed by atoms with Crippen molar-refractivity contribution >= 4 is 21.6 Å². The van der Waals surface area contributed by atoms with Gasteiger partial charge >= 0.3 is 0 Å². The summed E-state index contributed by atoms with van der Waals surface area (Å²) < 4.78 is 1.11. The van der Waals surface area contributed by atoms with E-state index < -0.39 is 0 Å². The normalized spacial score (nSPS) is 17.4. The topological polar surface area (TPSA) is 16.1 Å². The maximum absolute atomic E-state index is 4.13. The van der Waals surface area contributed by atoms with Crippen LogP contribution >= 0.6 is 15.9 Å². The third kappa shape index (κ3) is 2.57. The first-order chi connectivity index (χ1) is 7.83. The van der Waals surface area contributed by atoms with Gasteiger partial charge in [0.2, 0.25) is 0 Å². The Bertz CT molecular complexity index is 334. The first-order valence-corrected chi connectivity index (χ1v) is 6.98. The second kappa shape index (κ2) is 5.67. The van der Waals surface area contributed by atoms with E-state index in [2.05, 4.69) is 38.8 Å². The van der Waals surface area contributed by atoms with Crippen molar-refractivity contribution in [3.8, 4) is 0 Å². The average Bonchev–Trinajstić information content (AvgIpc) is 2.34. The number of nitrogens with zero attached hydrogens (tertiary/aromatic N) is 2. The Kier molecular flexibility index (Phi) is 4.22. The van der Waals surface area contributed by atoms with E-state index in [1.165, 1.54) is 37.8 Å². The summed E-state index contributed by atoms with van der Waals surface area (Å²) in [4.78, 5) is 6.65. The fraction of sp³-hybridized carbons (Fsp3) is 0.615. The molecule has 0 bridgehead atoms. The lowest BCUT2D eigenvalue weighted by Crippen LogP contribution is -2.36. The summed E-state index contributed by atoms with van der Waals surface area (Å²) in [5.74, 6) is 0. The Balaban J connectivity index is 2.18. The molecule has 1 aliphatic rings. The highest BCUT2D eigenvalue weighted by Gasteiger charge is 2.21. The van der Waals surface area contributed by atoms with Gasteiger partial charge in [0, 0.05) is 25.0 Å². The molecular weight excluding hydrogens is 264 g/mol. The van der Waals surface area contributed by atoms with E-state index in [1.54, 1.807) is 0 Å². The van der Waals surface area contributed by atoms with Crippen LogP contribution in [0.15, 0.2) is 22.9 Å². The average molecular weight is 283 g/mol. The van der Waals surface area contributed by atoms with Gasteiger partial charge in [-0.25, -0.2) is 0 Å². The summed E-state index contributed by atoms with van der Waals surface area (Å²) in [5.41, 5.74) is 1.30. The first kappa shape index (κ1) is 11.9. The smallest absolute Gasteiger partial charge is 0.0592 e. The van der Waals surface area contributed by atoms with E-state index in [9.17, 15) is 0 Å². The second-order valence-corrected chi connectivity index (χ2v) is 5.26. The van der Waals surface area contributed by atoms with Crippen molar-refractivity contribution in [2.45, 2.75) is 45.1 Å². The number of anilines is 1. The molecule has 0 radical (unpaired) electrons. The molecule has 88 valence electrons. The van der Waals surface area contributed by atoms with E-state index >= 15 is 0 Å². The van der Waals surface area contributed by atoms with Crippen LogP contribution in [0.5, 0.6) is 0 Å². The molecule has 1 heterocycles. The molecule has 0 atom stereocenters. The minimum atomic E-state index is 0.720. The Labute approximate surface area is 106 Å². The molecule has 0 spiro atoms. The molecule has 0 unspecified atom stereocenters. The molecule has 1 fully saturated rings. The highest BCUT2D eigenvalue weighted by Crippen LogP contribution is 2.31. The number of rotatable bonds is 3. The third-order valence-corrected chi connectivity index (χ3v) is 4.03. The van der Waals surface area contributed by atoms with Crippen molar-refractivity contribution in [2.24, 2.45) is 0 Å². The van der Waals surface area contributed by atoms with Gasteiger partial charge in [-0.05, 0) is 41.8 Å². The summed E-state index contributed by atoms with van der Waals surface area (Å²) in [6.45, 7) is 3.31. The Hall–Kier alpha value is -0.570. The fourth-order valence-electron chi connectivity index (χ4n) is 2.62. The second-order valence-electron chi connectivity index (χ2n) is 4.40. The van der Waals surface area contributed by atoms with E-state index in [4.69, 9.17) is 0 Å². The summed E-state index contributed by atoms with van der Waals surface area (Å²) in [6.07, 6.45) is 10.6. The number of hydrogen-bond donors (Lipinski definition) is 0. The number of pyridine rings is 1. The van der Waals surface area contributed by atoms with Gasteiger partial charge in [0.05, 0.1) is 10.2 Å². The van der Waals surface area contributed by atoms with Crippen LogP contribution in [0.3, 0.4) is 0 Å². The van der Waals surface area contributed by atoms with Gasteiger partial charge in [-0.15, -0.1) is 0 Å². The maximum Gasteiger partial charge on any atom is 0.0592 e. The lowest BCUT2D eigenvalue weighted by atomic mass is 9.94. The highest BCUT2D eigenvalue weighted by molar-refractivity contribution is 9.10. The number of hydrogen-bond acceptors (Lipinski definition) is 2. The minimum Gasteiger partial charge on any atom is -0.368 e. The number of aromatic nitrogens is 1. The van der Waals surface area contributed by atoms with Crippen molar-refractivity contribution in [3.63, 3.8) is 0 Å². The molecule has 2 nitrogen and oxygen atoms in total. The molecule has 0 saturated heterocycles. The Morgan fingerprint density at radius 2 is 2.12 bits per heavy atom. The Morgan fingerprint density at radius 1 is 1.38 bits per heavy atom. The molecule has 0 N–H and O–H groups in total. The zero-order valence-corrected chi connectivity index (χ0v) is 11.4. The van der Waals surface area contributed by atoms with Crippen LogP contribution in [0, 0.1) is 0 Å². The lowest BCUT2D eigenvalue weighted by Gasteiger charge is -2.35. The van der Waals surface area contributed by atoms with E-state index in [0.717, 1.165) is 17.1 Å². The molecule has 0 amide bonds. The standard InChI is InChI=1S/C13H19BrN2/c1-2-16(11-6-4-3-5-7-11)13-8-9-15-10-12(13)14/h8-11H,2-7H2,1H3. The van der Waals surface area contributed by atoms with Crippen LogP contribution in [-0.4, -0.2) is 17.6 Å². The van der Waals surface area contributed by atoms with Crippen molar-refractivity contribution < 1.29 is 0 Å². The van der Waals surface area contributed by atoms with Gasteiger partial charge in [-0.2, -0.15) is 0 Å². The SMILES string of the molecule is CCN(c1ccncc1Br)C1CCCCC1. The molecule has 0 aromatic carbocycles. The van der Waals surface area contributed by atoms with E-state index in [0.29, 0.717) is 0 Å². The van der Waals surface area contributed by atoms with E-state index in [-0.39, 0.29) is 0 Å². The molecule has 1 saturated carbocycles. The molecule has 2 rings (SSSR count). The Morgan fingerprint density at radius 3 is 2.75 bits per heavy atom. The van der Waals surface area contributed by atoms with Crippen LogP contribution in [0.25, 0.3) is 0 Å². The lowest BCUT2D eigenvalue weighted by molar-refractivity contribution is 0.418. The summed E-state index contributed by atoms with van der Waals surface area (Å²) in [7, 11) is 0. The van der Waals surface area contributed by atoms with Crippen molar-refractivity contribution in [1.29, 1.82) is 0 Å². The number of halogens is 1. The first-order valence-electron chi connectivity index (χ1n) is 6.19. The van der Waals surface area contributed by atoms with Crippen LogP contribution in [0.2, 0.25) is 0 Å². The highest BCUT2D eigenvalue weighted by atomic mass is 79.9. The van der Waals surface area contributed by atoms with Crippen molar-refractivity contribution in [2.75, 3.05) is 11.4 Å². The van der Waals surface area contributed by atoms with Gasteiger partial charge in [0.1, 0.15) is 0 Å². The molecule has 1 aromatic heterocycles. The fourth-order valence-corrected chi connectivity index (χ4v) is 3.10. The predicted molar refractivity (Wildman–Crippen MR) is 71.8 cm³/mol. The summed E-state index contributed by atoms with van der Waals surface area (Å²) in [5, 5.41) is 0. The van der Waals surface area contributed by atoms with Crippen LogP contribution in [0.1, 0.15) is 39.0 Å². The monoisotopic (exact) mass is 282 g/mol. The minimum absolute atomic E-state index is 0.720. The van der Waals surface area contributed by atoms with Crippen molar-refractivity contribution in [1.82, 2.24) is 4.98 Å². The summed E-state index contributed by atoms with van der Waals surface area (Å²) in [6, 6.07) is 2.83. The molecule has 3 heteroatoms. The zero-order chi connectivity index (χ0) is 11.4. The van der Waals surface area contributed by atoms with Gasteiger partial charge in [0.25, 0.3) is 0 Å². The molecule has 1 aromatic rings. The van der Waals surface area contributed by atoms with Gasteiger partial charge in [0.15, 0.2) is 0 Å². The summed E-state index contributed by atoms with van der Waals surface area (Å²) >= 11 is 3.60. The molecular formula is C13H19BrN2. The molecule has 16 heavy (non-hydrogen) atoms. The quantitative estimate of drug-likeness (QED) is 0.833. The largest absolute Gasteiger partial charge is 0.368 e. The van der Waals surface area contributed by atoms with Gasteiger partial charge in [-0.3, -0.25) is 4.98 Å². The molecule has 1 aliphatic carbocycles.